The fourth-order valence-electron chi connectivity index (χ4n) is 2.38. The summed E-state index contributed by atoms with van der Waals surface area (Å²) < 4.78 is 19.6. The van der Waals surface area contributed by atoms with E-state index in [1.54, 1.807) is 17.6 Å². The average molecular weight is 346 g/mol. The monoisotopic (exact) mass is 346 g/mol. The highest BCUT2D eigenvalue weighted by Crippen LogP contribution is 2.26. The number of aromatic nitrogens is 1. The van der Waals surface area contributed by atoms with E-state index < -0.39 is 5.97 Å². The molecule has 5 nitrogen and oxygen atoms in total. The molecule has 0 spiro atoms. The number of benzene rings is 1. The van der Waals surface area contributed by atoms with Crippen LogP contribution in [0.4, 0.5) is 10.1 Å². The van der Waals surface area contributed by atoms with Gasteiger partial charge in [0.25, 0.3) is 0 Å². The van der Waals surface area contributed by atoms with Crippen molar-refractivity contribution in [3.8, 4) is 0 Å². The van der Waals surface area contributed by atoms with Gasteiger partial charge >= 0.3 is 5.97 Å². The molecule has 2 heterocycles. The lowest BCUT2D eigenvalue weighted by atomic mass is 10.3. The zero-order chi connectivity index (χ0) is 17.1. The van der Waals surface area contributed by atoms with Crippen LogP contribution in [-0.4, -0.2) is 23.1 Å². The summed E-state index contributed by atoms with van der Waals surface area (Å²) in [4.78, 5) is 25.2. The van der Waals surface area contributed by atoms with Crippen LogP contribution in [0.5, 0.6) is 0 Å². The number of rotatable bonds is 5. The minimum atomic E-state index is -0.463. The standard InChI is InChI=1S/C17H15FN2O3S/c1-2-23-17(22)14-9-11-7-8-24-16(11)20(14)10-15(21)19-13-5-3-12(18)4-6-13/h3-9H,2,10H2,1H3,(H,19,21). The first-order chi connectivity index (χ1) is 11.6. The second kappa shape index (κ2) is 6.84. The Morgan fingerprint density at radius 3 is 2.71 bits per heavy atom. The van der Waals surface area contributed by atoms with Crippen LogP contribution in [0.2, 0.25) is 0 Å². The van der Waals surface area contributed by atoms with Gasteiger partial charge in [-0.1, -0.05) is 0 Å². The number of thiophene rings is 1. The number of amides is 1. The minimum absolute atomic E-state index is 0.0322. The number of nitrogens with one attached hydrogen (secondary N) is 1. The number of fused-ring (bicyclic) bond motifs is 1. The van der Waals surface area contributed by atoms with Gasteiger partial charge in [0.1, 0.15) is 22.9 Å². The molecule has 2 aromatic heterocycles. The normalized spacial score (nSPS) is 10.8. The second-order valence-electron chi connectivity index (χ2n) is 5.07. The summed E-state index contributed by atoms with van der Waals surface area (Å²) in [6.45, 7) is 1.96. The number of carbonyl (C=O) groups is 2. The quantitative estimate of drug-likeness (QED) is 0.717. The molecule has 1 amide bonds. The Hall–Kier alpha value is -2.67. The molecule has 1 N–H and O–H groups in total. The number of halogens is 1. The van der Waals surface area contributed by atoms with Gasteiger partial charge in [0.15, 0.2) is 0 Å². The summed E-state index contributed by atoms with van der Waals surface area (Å²) in [5, 5.41) is 5.47. The summed E-state index contributed by atoms with van der Waals surface area (Å²) in [6, 6.07) is 9.11. The Labute approximate surface area is 141 Å². The maximum absolute atomic E-state index is 12.9. The van der Waals surface area contributed by atoms with Gasteiger partial charge in [-0.05, 0) is 48.7 Å². The average Bonchev–Trinajstić information content (AvgIpc) is 3.12. The van der Waals surface area contributed by atoms with Crippen LogP contribution in [0.15, 0.2) is 41.8 Å². The number of ether oxygens (including phenoxy) is 1. The molecule has 0 atom stereocenters. The third kappa shape index (κ3) is 3.30. The lowest BCUT2D eigenvalue weighted by molar-refractivity contribution is -0.116. The van der Waals surface area contributed by atoms with Crippen LogP contribution in [0.1, 0.15) is 17.4 Å². The molecule has 0 bridgehead atoms. The molecule has 7 heteroatoms. The van der Waals surface area contributed by atoms with E-state index in [1.165, 1.54) is 35.6 Å². The molecular formula is C17H15FN2O3S. The highest BCUT2D eigenvalue weighted by atomic mass is 32.1. The van der Waals surface area contributed by atoms with E-state index >= 15 is 0 Å². The van der Waals surface area contributed by atoms with Crippen LogP contribution < -0.4 is 5.32 Å². The van der Waals surface area contributed by atoms with Crippen molar-refractivity contribution in [3.05, 3.63) is 53.3 Å². The largest absolute Gasteiger partial charge is 0.461 e. The molecule has 3 rings (SSSR count). The van der Waals surface area contributed by atoms with Gasteiger partial charge < -0.3 is 14.6 Å². The molecule has 0 saturated heterocycles. The van der Waals surface area contributed by atoms with Crippen LogP contribution in [0.25, 0.3) is 10.2 Å². The smallest absolute Gasteiger partial charge is 0.355 e. The van der Waals surface area contributed by atoms with Crippen LogP contribution >= 0.6 is 11.3 Å². The first kappa shape index (κ1) is 16.2. The van der Waals surface area contributed by atoms with Gasteiger partial charge in [-0.25, -0.2) is 9.18 Å². The van der Waals surface area contributed by atoms with Crippen molar-refractivity contribution >= 4 is 39.1 Å². The molecule has 0 aliphatic carbocycles. The van der Waals surface area contributed by atoms with Crippen molar-refractivity contribution in [2.75, 3.05) is 11.9 Å². The van der Waals surface area contributed by atoms with Gasteiger partial charge in [0.2, 0.25) is 5.91 Å². The molecule has 1 aromatic carbocycles. The van der Waals surface area contributed by atoms with Gasteiger partial charge in [0, 0.05) is 11.1 Å². The van der Waals surface area contributed by atoms with Crippen LogP contribution in [0, 0.1) is 5.82 Å². The third-order valence-electron chi connectivity index (χ3n) is 3.42. The minimum Gasteiger partial charge on any atom is -0.461 e. The highest BCUT2D eigenvalue weighted by molar-refractivity contribution is 7.16. The predicted octanol–water partition coefficient (Wildman–Crippen LogP) is 3.66. The number of esters is 1. The van der Waals surface area contributed by atoms with Crippen LogP contribution in [0.3, 0.4) is 0 Å². The SMILES string of the molecule is CCOC(=O)c1cc2ccsc2n1CC(=O)Nc1ccc(F)cc1. The Balaban J connectivity index is 1.83. The lowest BCUT2D eigenvalue weighted by Crippen LogP contribution is -2.21. The molecule has 0 unspecified atom stereocenters. The summed E-state index contributed by atoms with van der Waals surface area (Å²) >= 11 is 1.45. The number of hydrogen-bond acceptors (Lipinski definition) is 4. The molecule has 124 valence electrons. The van der Waals surface area contributed by atoms with Gasteiger partial charge in [-0.2, -0.15) is 0 Å². The Kier molecular flexibility index (Phi) is 4.61. The number of carbonyl (C=O) groups excluding carboxylic acids is 2. The topological polar surface area (TPSA) is 60.3 Å². The molecular weight excluding hydrogens is 331 g/mol. The fourth-order valence-corrected chi connectivity index (χ4v) is 3.28. The molecule has 0 aliphatic rings. The maximum atomic E-state index is 12.9. The van der Waals surface area contributed by atoms with E-state index in [0.29, 0.717) is 11.4 Å². The zero-order valence-corrected chi connectivity index (χ0v) is 13.7. The molecule has 0 aliphatic heterocycles. The third-order valence-corrected chi connectivity index (χ3v) is 4.37. The molecule has 0 radical (unpaired) electrons. The summed E-state index contributed by atoms with van der Waals surface area (Å²) in [6.07, 6.45) is 0. The Morgan fingerprint density at radius 2 is 2.00 bits per heavy atom. The van der Waals surface area contributed by atoms with Crippen molar-refractivity contribution < 1.29 is 18.7 Å². The van der Waals surface area contributed by atoms with E-state index in [9.17, 15) is 14.0 Å². The van der Waals surface area contributed by atoms with Crippen molar-refractivity contribution in [1.82, 2.24) is 4.57 Å². The van der Waals surface area contributed by atoms with E-state index in [2.05, 4.69) is 5.32 Å². The Morgan fingerprint density at radius 1 is 1.25 bits per heavy atom. The van der Waals surface area contributed by atoms with Crippen molar-refractivity contribution in [2.45, 2.75) is 13.5 Å². The fraction of sp³-hybridized carbons (Fsp3) is 0.176. The van der Waals surface area contributed by atoms with Crippen LogP contribution in [-0.2, 0) is 16.1 Å². The predicted molar refractivity (Wildman–Crippen MR) is 90.8 cm³/mol. The molecule has 0 fully saturated rings. The molecule has 0 saturated carbocycles. The van der Waals surface area contributed by atoms with E-state index in [0.717, 1.165) is 10.2 Å². The zero-order valence-electron chi connectivity index (χ0n) is 12.9. The van der Waals surface area contributed by atoms with E-state index in [1.807, 2.05) is 11.4 Å². The summed E-state index contributed by atoms with van der Waals surface area (Å²) in [7, 11) is 0. The second-order valence-corrected chi connectivity index (χ2v) is 5.97. The number of nitrogens with zero attached hydrogens (tertiary/aromatic N) is 1. The van der Waals surface area contributed by atoms with Gasteiger partial charge in [0.05, 0.1) is 6.61 Å². The molecule has 24 heavy (non-hydrogen) atoms. The van der Waals surface area contributed by atoms with E-state index in [4.69, 9.17) is 4.74 Å². The van der Waals surface area contributed by atoms with Gasteiger partial charge in [-0.3, -0.25) is 4.79 Å². The summed E-state index contributed by atoms with van der Waals surface area (Å²) in [5.41, 5.74) is 0.835. The first-order valence-corrected chi connectivity index (χ1v) is 8.25. The number of anilines is 1. The first-order valence-electron chi connectivity index (χ1n) is 7.37. The highest BCUT2D eigenvalue weighted by Gasteiger charge is 2.19. The van der Waals surface area contributed by atoms with Crippen molar-refractivity contribution in [2.24, 2.45) is 0 Å². The Bertz CT molecular complexity index is 883. The van der Waals surface area contributed by atoms with Crippen molar-refractivity contribution in [1.29, 1.82) is 0 Å². The maximum Gasteiger partial charge on any atom is 0.355 e. The van der Waals surface area contributed by atoms with E-state index in [-0.39, 0.29) is 24.9 Å². The molecule has 3 aromatic rings. The lowest BCUT2D eigenvalue weighted by Gasteiger charge is -2.10. The van der Waals surface area contributed by atoms with Gasteiger partial charge in [-0.15, -0.1) is 11.3 Å². The number of hydrogen-bond donors (Lipinski definition) is 1. The van der Waals surface area contributed by atoms with Crippen molar-refractivity contribution in [3.63, 3.8) is 0 Å². The summed E-state index contributed by atoms with van der Waals surface area (Å²) in [5.74, 6) is -1.14.